The molecule has 1 heterocycles. The standard InChI is InChI=1S/C22H32N4O3S/c1-5-23-22(26(2)14-21-25-18-8-6-7-9-20(18)30-21)24-13-19(27)15-10-16(28-3)12-17(11-15)29-4/h10-12,19,27H,5-9,13-14H2,1-4H3,(H,23,24). The van der Waals surface area contributed by atoms with Gasteiger partial charge in [0.05, 0.1) is 39.1 Å². The molecular weight excluding hydrogens is 400 g/mol. The van der Waals surface area contributed by atoms with Gasteiger partial charge in [0.25, 0.3) is 0 Å². The highest BCUT2D eigenvalue weighted by atomic mass is 32.1. The van der Waals surface area contributed by atoms with E-state index in [2.05, 4.69) is 15.2 Å². The molecule has 1 aliphatic carbocycles. The fourth-order valence-electron chi connectivity index (χ4n) is 3.52. The third-order valence-electron chi connectivity index (χ3n) is 5.13. The maximum absolute atomic E-state index is 10.7. The van der Waals surface area contributed by atoms with Crippen LogP contribution >= 0.6 is 11.3 Å². The molecule has 2 N–H and O–H groups in total. The van der Waals surface area contributed by atoms with Crippen molar-refractivity contribution in [2.45, 2.75) is 45.3 Å². The number of nitrogens with one attached hydrogen (secondary N) is 1. The predicted molar refractivity (Wildman–Crippen MR) is 121 cm³/mol. The molecule has 30 heavy (non-hydrogen) atoms. The van der Waals surface area contributed by atoms with Crippen molar-refractivity contribution >= 4 is 17.3 Å². The zero-order chi connectivity index (χ0) is 21.5. The Morgan fingerprint density at radius 1 is 1.23 bits per heavy atom. The number of aliphatic hydroxyl groups is 1. The van der Waals surface area contributed by atoms with Gasteiger partial charge in [-0.25, -0.2) is 4.98 Å². The zero-order valence-corrected chi connectivity index (χ0v) is 19.1. The van der Waals surface area contributed by atoms with E-state index >= 15 is 0 Å². The van der Waals surface area contributed by atoms with Gasteiger partial charge in [0.15, 0.2) is 5.96 Å². The van der Waals surface area contributed by atoms with E-state index < -0.39 is 6.10 Å². The van der Waals surface area contributed by atoms with E-state index in [0.717, 1.165) is 30.4 Å². The number of guanidine groups is 1. The summed E-state index contributed by atoms with van der Waals surface area (Å²) in [5.41, 5.74) is 1.99. The first-order chi connectivity index (χ1) is 14.5. The molecule has 3 rings (SSSR count). The van der Waals surface area contributed by atoms with Gasteiger partial charge in [-0.05, 0) is 50.3 Å². The number of rotatable bonds is 8. The lowest BCUT2D eigenvalue weighted by Crippen LogP contribution is -2.38. The Labute approximate surface area is 182 Å². The van der Waals surface area contributed by atoms with Crippen LogP contribution in [0.2, 0.25) is 0 Å². The minimum Gasteiger partial charge on any atom is -0.497 e. The van der Waals surface area contributed by atoms with Crippen molar-refractivity contribution in [2.75, 3.05) is 34.4 Å². The van der Waals surface area contributed by atoms with E-state index in [0.29, 0.717) is 23.6 Å². The van der Waals surface area contributed by atoms with Crippen LogP contribution in [0.5, 0.6) is 11.5 Å². The summed E-state index contributed by atoms with van der Waals surface area (Å²) in [5.74, 6) is 2.04. The fourth-order valence-corrected chi connectivity index (χ4v) is 4.73. The fraction of sp³-hybridized carbons (Fsp3) is 0.545. The number of thiazole rings is 1. The lowest BCUT2D eigenvalue weighted by molar-refractivity contribution is 0.185. The third-order valence-corrected chi connectivity index (χ3v) is 6.27. The van der Waals surface area contributed by atoms with Gasteiger partial charge in [0.2, 0.25) is 0 Å². The van der Waals surface area contributed by atoms with Gasteiger partial charge in [-0.15, -0.1) is 11.3 Å². The Morgan fingerprint density at radius 3 is 2.57 bits per heavy atom. The molecule has 164 valence electrons. The van der Waals surface area contributed by atoms with Gasteiger partial charge < -0.3 is 24.8 Å². The van der Waals surface area contributed by atoms with E-state index in [4.69, 9.17) is 14.5 Å². The summed E-state index contributed by atoms with van der Waals surface area (Å²) in [6, 6.07) is 5.39. The Balaban J connectivity index is 1.69. The van der Waals surface area contributed by atoms with Crippen LogP contribution in [0, 0.1) is 0 Å². The predicted octanol–water partition coefficient (Wildman–Crippen LogP) is 3.17. The minimum absolute atomic E-state index is 0.233. The van der Waals surface area contributed by atoms with Crippen molar-refractivity contribution in [3.8, 4) is 11.5 Å². The number of methoxy groups -OCH3 is 2. The quantitative estimate of drug-likeness (QED) is 0.493. The molecule has 0 aliphatic heterocycles. The van der Waals surface area contributed by atoms with Crippen molar-refractivity contribution in [2.24, 2.45) is 4.99 Å². The van der Waals surface area contributed by atoms with Crippen LogP contribution in [0.15, 0.2) is 23.2 Å². The van der Waals surface area contributed by atoms with Crippen LogP contribution in [-0.2, 0) is 19.4 Å². The van der Waals surface area contributed by atoms with E-state index in [-0.39, 0.29) is 6.54 Å². The van der Waals surface area contributed by atoms with Crippen molar-refractivity contribution < 1.29 is 14.6 Å². The first-order valence-electron chi connectivity index (χ1n) is 10.4. The number of aryl methyl sites for hydroxylation is 2. The normalized spacial score (nSPS) is 14.8. The van der Waals surface area contributed by atoms with Crippen LogP contribution in [0.1, 0.15) is 47.0 Å². The molecule has 0 bridgehead atoms. The Bertz CT molecular complexity index is 822. The summed E-state index contributed by atoms with van der Waals surface area (Å²) >= 11 is 1.82. The minimum atomic E-state index is -0.761. The van der Waals surface area contributed by atoms with Crippen LogP contribution < -0.4 is 14.8 Å². The highest BCUT2D eigenvalue weighted by molar-refractivity contribution is 7.11. The van der Waals surface area contributed by atoms with Crippen LogP contribution in [-0.4, -0.2) is 55.3 Å². The molecule has 0 radical (unpaired) electrons. The monoisotopic (exact) mass is 432 g/mol. The SMILES string of the molecule is CCNC(=NCC(O)c1cc(OC)cc(OC)c1)N(C)Cc1nc2c(s1)CCCC2. The number of aromatic nitrogens is 1. The van der Waals surface area contributed by atoms with Gasteiger partial charge in [0.1, 0.15) is 16.5 Å². The van der Waals surface area contributed by atoms with E-state index in [1.807, 2.05) is 25.3 Å². The summed E-state index contributed by atoms with van der Waals surface area (Å²) in [6.45, 7) is 3.72. The number of aliphatic hydroxyl groups excluding tert-OH is 1. The summed E-state index contributed by atoms with van der Waals surface area (Å²) < 4.78 is 10.6. The lowest BCUT2D eigenvalue weighted by Gasteiger charge is -2.21. The van der Waals surface area contributed by atoms with Crippen molar-refractivity contribution in [1.82, 2.24) is 15.2 Å². The van der Waals surface area contributed by atoms with Crippen LogP contribution in [0.3, 0.4) is 0 Å². The zero-order valence-electron chi connectivity index (χ0n) is 18.3. The highest BCUT2D eigenvalue weighted by Crippen LogP contribution is 2.28. The maximum atomic E-state index is 10.7. The van der Waals surface area contributed by atoms with Gasteiger partial charge >= 0.3 is 0 Å². The van der Waals surface area contributed by atoms with Gasteiger partial charge in [-0.1, -0.05) is 0 Å². The molecule has 0 amide bonds. The average Bonchev–Trinajstić information content (AvgIpc) is 3.18. The summed E-state index contributed by atoms with van der Waals surface area (Å²) in [4.78, 5) is 13.0. The number of ether oxygens (including phenoxy) is 2. The number of benzene rings is 1. The molecule has 1 aromatic carbocycles. The van der Waals surface area contributed by atoms with Crippen molar-refractivity contribution in [1.29, 1.82) is 0 Å². The molecule has 2 aromatic rings. The molecule has 1 atom stereocenters. The van der Waals surface area contributed by atoms with E-state index in [1.165, 1.54) is 23.4 Å². The summed E-state index contributed by atoms with van der Waals surface area (Å²) in [5, 5.41) is 15.1. The van der Waals surface area contributed by atoms with Gasteiger partial charge in [0, 0.05) is 24.5 Å². The molecule has 0 spiro atoms. The van der Waals surface area contributed by atoms with Gasteiger partial charge in [-0.2, -0.15) is 0 Å². The Hall–Kier alpha value is -2.32. The second-order valence-corrected chi connectivity index (χ2v) is 8.57. The Kier molecular flexibility index (Phi) is 7.93. The second-order valence-electron chi connectivity index (χ2n) is 7.40. The molecule has 0 saturated carbocycles. The topological polar surface area (TPSA) is 79.2 Å². The first-order valence-corrected chi connectivity index (χ1v) is 11.2. The molecule has 0 fully saturated rings. The van der Waals surface area contributed by atoms with Crippen molar-refractivity contribution in [3.63, 3.8) is 0 Å². The molecule has 1 aromatic heterocycles. The van der Waals surface area contributed by atoms with Crippen LogP contribution in [0.25, 0.3) is 0 Å². The number of aliphatic imine (C=N–C) groups is 1. The molecule has 1 unspecified atom stereocenters. The first kappa shape index (κ1) is 22.4. The number of hydrogen-bond donors (Lipinski definition) is 2. The van der Waals surface area contributed by atoms with E-state index in [9.17, 15) is 5.11 Å². The largest absolute Gasteiger partial charge is 0.497 e. The van der Waals surface area contributed by atoms with Gasteiger partial charge in [-0.3, -0.25) is 4.99 Å². The molecule has 1 aliphatic rings. The Morgan fingerprint density at radius 2 is 1.93 bits per heavy atom. The van der Waals surface area contributed by atoms with Crippen LogP contribution in [0.4, 0.5) is 0 Å². The smallest absolute Gasteiger partial charge is 0.194 e. The number of hydrogen-bond acceptors (Lipinski definition) is 6. The molecule has 0 saturated heterocycles. The molecule has 8 heteroatoms. The number of nitrogens with zero attached hydrogens (tertiary/aromatic N) is 3. The maximum Gasteiger partial charge on any atom is 0.194 e. The third kappa shape index (κ3) is 5.64. The molecular formula is C22H32N4O3S. The van der Waals surface area contributed by atoms with E-state index in [1.54, 1.807) is 32.4 Å². The molecule has 7 nitrogen and oxygen atoms in total. The lowest BCUT2D eigenvalue weighted by atomic mass is 10.0. The highest BCUT2D eigenvalue weighted by Gasteiger charge is 2.17. The van der Waals surface area contributed by atoms with Crippen molar-refractivity contribution in [3.05, 3.63) is 39.3 Å². The summed E-state index contributed by atoms with van der Waals surface area (Å²) in [6.07, 6.45) is 3.99. The summed E-state index contributed by atoms with van der Waals surface area (Å²) in [7, 11) is 5.19. The second kappa shape index (κ2) is 10.6. The average molecular weight is 433 g/mol. The number of fused-ring (bicyclic) bond motifs is 1.